The van der Waals surface area contributed by atoms with Crippen LogP contribution in [-0.4, -0.2) is 34.0 Å². The van der Waals surface area contributed by atoms with Gasteiger partial charge in [0.2, 0.25) is 11.8 Å². The summed E-state index contributed by atoms with van der Waals surface area (Å²) in [6.07, 6.45) is 0.283. The molecule has 0 aliphatic rings. The second kappa shape index (κ2) is 11.5. The van der Waals surface area contributed by atoms with Crippen molar-refractivity contribution in [2.75, 3.05) is 5.75 Å². The van der Waals surface area contributed by atoms with Gasteiger partial charge in [-0.2, -0.15) is 0 Å². The van der Waals surface area contributed by atoms with E-state index in [9.17, 15) is 9.59 Å². The lowest BCUT2D eigenvalue weighted by Crippen LogP contribution is -2.52. The third-order valence-corrected chi connectivity index (χ3v) is 6.27. The van der Waals surface area contributed by atoms with E-state index in [0.29, 0.717) is 20.8 Å². The molecule has 168 valence electrons. The van der Waals surface area contributed by atoms with Gasteiger partial charge >= 0.3 is 0 Å². The maximum absolute atomic E-state index is 13.1. The number of thioether (sulfide) groups is 1. The highest BCUT2D eigenvalue weighted by Crippen LogP contribution is 2.25. The Bertz CT molecular complexity index is 914. The molecule has 0 saturated carbocycles. The van der Waals surface area contributed by atoms with Crippen LogP contribution in [0.4, 0.5) is 0 Å². The number of hydrogen-bond acceptors (Lipinski definition) is 3. The predicted molar refractivity (Wildman–Crippen MR) is 131 cm³/mol. The van der Waals surface area contributed by atoms with Crippen molar-refractivity contribution < 1.29 is 9.59 Å². The van der Waals surface area contributed by atoms with Gasteiger partial charge in [0.25, 0.3) is 0 Å². The standard InChI is InChI=1S/C23H27Cl3N2O2S/c1-15(22(30)27-23(2,3)4)28(14-16-5-6-18(25)13-20(16)26)21(29)11-12-31-19-9-7-17(24)8-10-19/h5-10,13,15H,11-12,14H2,1-4H3,(H,27,30). The van der Waals surface area contributed by atoms with E-state index in [1.165, 1.54) is 0 Å². The highest BCUT2D eigenvalue weighted by molar-refractivity contribution is 7.99. The molecule has 4 nitrogen and oxygen atoms in total. The van der Waals surface area contributed by atoms with Crippen LogP contribution in [0, 0.1) is 0 Å². The maximum Gasteiger partial charge on any atom is 0.242 e. The molecule has 2 amide bonds. The van der Waals surface area contributed by atoms with E-state index < -0.39 is 11.6 Å². The Morgan fingerprint density at radius 3 is 2.23 bits per heavy atom. The van der Waals surface area contributed by atoms with Gasteiger partial charge in [-0.25, -0.2) is 0 Å². The zero-order valence-electron chi connectivity index (χ0n) is 18.0. The number of amides is 2. The van der Waals surface area contributed by atoms with E-state index >= 15 is 0 Å². The van der Waals surface area contributed by atoms with Crippen LogP contribution in [0.15, 0.2) is 47.4 Å². The number of rotatable bonds is 8. The van der Waals surface area contributed by atoms with Crippen LogP contribution in [0.25, 0.3) is 0 Å². The van der Waals surface area contributed by atoms with Gasteiger partial charge in [-0.15, -0.1) is 11.8 Å². The number of benzene rings is 2. The normalized spacial score (nSPS) is 12.4. The molecule has 0 heterocycles. The second-order valence-corrected chi connectivity index (χ2v) is 10.7. The molecule has 2 rings (SSSR count). The van der Waals surface area contributed by atoms with Crippen LogP contribution in [0.3, 0.4) is 0 Å². The summed E-state index contributed by atoms with van der Waals surface area (Å²) < 4.78 is 0. The van der Waals surface area contributed by atoms with Crippen LogP contribution >= 0.6 is 46.6 Å². The summed E-state index contributed by atoms with van der Waals surface area (Å²) >= 11 is 19.8. The molecular weight excluding hydrogens is 475 g/mol. The number of nitrogens with one attached hydrogen (secondary N) is 1. The van der Waals surface area contributed by atoms with Crippen LogP contribution in [-0.2, 0) is 16.1 Å². The van der Waals surface area contributed by atoms with E-state index in [1.54, 1.807) is 41.8 Å². The molecule has 1 N–H and O–H groups in total. The molecule has 0 bridgehead atoms. The summed E-state index contributed by atoms with van der Waals surface area (Å²) in [6, 6.07) is 12.0. The first kappa shape index (κ1) is 25.9. The average Bonchev–Trinajstić information content (AvgIpc) is 2.67. The minimum absolute atomic E-state index is 0.121. The zero-order valence-corrected chi connectivity index (χ0v) is 21.1. The number of hydrogen-bond donors (Lipinski definition) is 1. The smallest absolute Gasteiger partial charge is 0.242 e. The van der Waals surface area contributed by atoms with Gasteiger partial charge in [0.05, 0.1) is 0 Å². The highest BCUT2D eigenvalue weighted by atomic mass is 35.5. The Morgan fingerprint density at radius 2 is 1.65 bits per heavy atom. The van der Waals surface area contributed by atoms with E-state index in [-0.39, 0.29) is 24.8 Å². The topological polar surface area (TPSA) is 49.4 Å². The van der Waals surface area contributed by atoms with E-state index in [2.05, 4.69) is 5.32 Å². The Hall–Kier alpha value is -1.40. The van der Waals surface area contributed by atoms with Crippen LogP contribution in [0.2, 0.25) is 15.1 Å². The van der Waals surface area contributed by atoms with Crippen molar-refractivity contribution in [2.24, 2.45) is 0 Å². The predicted octanol–water partition coefficient (Wildman–Crippen LogP) is 6.46. The Morgan fingerprint density at radius 1 is 1.03 bits per heavy atom. The van der Waals surface area contributed by atoms with Crippen molar-refractivity contribution in [3.05, 3.63) is 63.1 Å². The SMILES string of the molecule is CC(C(=O)NC(C)(C)C)N(Cc1ccc(Cl)cc1Cl)C(=O)CCSc1ccc(Cl)cc1. The van der Waals surface area contributed by atoms with Crippen molar-refractivity contribution in [1.29, 1.82) is 0 Å². The number of carbonyl (C=O) groups is 2. The monoisotopic (exact) mass is 500 g/mol. The molecule has 0 saturated heterocycles. The molecule has 0 radical (unpaired) electrons. The van der Waals surface area contributed by atoms with Gasteiger partial charge in [-0.05, 0) is 69.7 Å². The van der Waals surface area contributed by atoms with Crippen molar-refractivity contribution in [2.45, 2.75) is 57.1 Å². The van der Waals surface area contributed by atoms with Crippen molar-refractivity contribution in [3.8, 4) is 0 Å². The minimum Gasteiger partial charge on any atom is -0.350 e. The lowest BCUT2D eigenvalue weighted by Gasteiger charge is -2.31. The molecule has 0 aromatic heterocycles. The van der Waals surface area contributed by atoms with E-state index in [0.717, 1.165) is 10.5 Å². The van der Waals surface area contributed by atoms with E-state index in [4.69, 9.17) is 34.8 Å². The quantitative estimate of drug-likeness (QED) is 0.422. The molecule has 31 heavy (non-hydrogen) atoms. The number of carbonyl (C=O) groups excluding carboxylic acids is 2. The van der Waals surface area contributed by atoms with E-state index in [1.807, 2.05) is 45.0 Å². The fourth-order valence-corrected chi connectivity index (χ4v) is 4.26. The summed E-state index contributed by atoms with van der Waals surface area (Å²) in [7, 11) is 0. The van der Waals surface area contributed by atoms with Gasteiger partial charge < -0.3 is 10.2 Å². The molecule has 2 aromatic rings. The Kier molecular flexibility index (Phi) is 9.56. The molecule has 8 heteroatoms. The van der Waals surface area contributed by atoms with Gasteiger partial charge in [0.1, 0.15) is 6.04 Å². The van der Waals surface area contributed by atoms with Crippen LogP contribution in [0.1, 0.15) is 39.7 Å². The van der Waals surface area contributed by atoms with Crippen LogP contribution < -0.4 is 5.32 Å². The number of nitrogens with zero attached hydrogens (tertiary/aromatic N) is 1. The molecule has 2 aromatic carbocycles. The van der Waals surface area contributed by atoms with Crippen molar-refractivity contribution in [1.82, 2.24) is 10.2 Å². The Labute approximate surface area is 203 Å². The van der Waals surface area contributed by atoms with Crippen LogP contribution in [0.5, 0.6) is 0 Å². The molecule has 1 atom stereocenters. The second-order valence-electron chi connectivity index (χ2n) is 8.22. The summed E-state index contributed by atoms with van der Waals surface area (Å²) in [5, 5.41) is 4.60. The molecule has 0 fully saturated rings. The summed E-state index contributed by atoms with van der Waals surface area (Å²) in [6.45, 7) is 7.67. The molecule has 1 unspecified atom stereocenters. The first-order valence-corrected chi connectivity index (χ1v) is 12.0. The van der Waals surface area contributed by atoms with Gasteiger partial charge in [0, 0.05) is 44.2 Å². The first-order valence-electron chi connectivity index (χ1n) is 9.90. The lowest BCUT2D eigenvalue weighted by molar-refractivity contribution is -0.140. The van der Waals surface area contributed by atoms with Crippen molar-refractivity contribution in [3.63, 3.8) is 0 Å². The number of halogens is 3. The summed E-state index contributed by atoms with van der Waals surface area (Å²) in [5.74, 6) is 0.249. The fourth-order valence-electron chi connectivity index (χ4n) is 2.82. The largest absolute Gasteiger partial charge is 0.350 e. The third kappa shape index (κ3) is 8.57. The summed E-state index contributed by atoms with van der Waals surface area (Å²) in [4.78, 5) is 28.5. The molecular formula is C23H27Cl3N2O2S. The molecule has 0 aliphatic carbocycles. The fraction of sp³-hybridized carbons (Fsp3) is 0.391. The lowest BCUT2D eigenvalue weighted by atomic mass is 10.1. The van der Waals surface area contributed by atoms with Gasteiger partial charge in [-0.3, -0.25) is 9.59 Å². The summed E-state index contributed by atoms with van der Waals surface area (Å²) in [5.41, 5.74) is 0.336. The first-order chi connectivity index (χ1) is 14.5. The van der Waals surface area contributed by atoms with Gasteiger partial charge in [0.15, 0.2) is 0 Å². The minimum atomic E-state index is -0.654. The average molecular weight is 502 g/mol. The molecule has 0 spiro atoms. The maximum atomic E-state index is 13.1. The van der Waals surface area contributed by atoms with Crippen molar-refractivity contribution >= 4 is 58.4 Å². The highest BCUT2D eigenvalue weighted by Gasteiger charge is 2.28. The third-order valence-electron chi connectivity index (χ3n) is 4.42. The van der Waals surface area contributed by atoms with Gasteiger partial charge in [-0.1, -0.05) is 40.9 Å². The Balaban J connectivity index is 2.13. The zero-order chi connectivity index (χ0) is 23.2. The molecule has 0 aliphatic heterocycles.